The van der Waals surface area contributed by atoms with Crippen molar-refractivity contribution in [3.05, 3.63) is 65.7 Å². The second-order valence-electron chi connectivity index (χ2n) is 5.21. The molecule has 6 heteroatoms. The molecular formula is C17H22N2O3S. The maximum absolute atomic E-state index is 12.1. The Bertz CT molecular complexity index is 718. The second kappa shape index (κ2) is 8.10. The van der Waals surface area contributed by atoms with E-state index >= 15 is 0 Å². The van der Waals surface area contributed by atoms with E-state index in [9.17, 15) is 8.42 Å². The van der Waals surface area contributed by atoms with Crippen molar-refractivity contribution in [1.29, 1.82) is 0 Å². The summed E-state index contributed by atoms with van der Waals surface area (Å²) in [6.45, 7) is 1.30. The average Bonchev–Trinajstić information content (AvgIpc) is 2.54. The van der Waals surface area contributed by atoms with Gasteiger partial charge in [-0.05, 0) is 17.2 Å². The van der Waals surface area contributed by atoms with E-state index in [1.807, 2.05) is 42.5 Å². The van der Waals surface area contributed by atoms with E-state index in [2.05, 4.69) is 0 Å². The minimum absolute atomic E-state index is 0.253. The topological polar surface area (TPSA) is 72.6 Å². The lowest BCUT2D eigenvalue weighted by Crippen LogP contribution is -2.34. The SMILES string of the molecule is CS(=O)(=O)N(CCOCc1ccccc1)c1ccccc1CN. The number of para-hydroxylation sites is 1. The molecule has 0 unspecified atom stereocenters. The van der Waals surface area contributed by atoms with Gasteiger partial charge in [0.2, 0.25) is 10.0 Å². The third-order valence-electron chi connectivity index (χ3n) is 3.43. The van der Waals surface area contributed by atoms with Gasteiger partial charge in [0.15, 0.2) is 0 Å². The molecular weight excluding hydrogens is 312 g/mol. The molecule has 0 amide bonds. The van der Waals surface area contributed by atoms with Gasteiger partial charge in [0.25, 0.3) is 0 Å². The Morgan fingerprint density at radius 3 is 2.35 bits per heavy atom. The summed E-state index contributed by atoms with van der Waals surface area (Å²) in [6.07, 6.45) is 1.19. The summed E-state index contributed by atoms with van der Waals surface area (Å²) in [5.41, 5.74) is 8.17. The van der Waals surface area contributed by atoms with Crippen molar-refractivity contribution in [2.45, 2.75) is 13.2 Å². The molecule has 0 saturated heterocycles. The Hall–Kier alpha value is -1.89. The van der Waals surface area contributed by atoms with E-state index in [1.54, 1.807) is 12.1 Å². The van der Waals surface area contributed by atoms with Gasteiger partial charge in [0.05, 0.1) is 31.7 Å². The van der Waals surface area contributed by atoms with Gasteiger partial charge in [0, 0.05) is 6.54 Å². The Balaban J connectivity index is 2.03. The Kier molecular flexibility index (Phi) is 6.15. The number of sulfonamides is 1. The van der Waals surface area contributed by atoms with Crippen molar-refractivity contribution in [2.24, 2.45) is 5.73 Å². The maximum atomic E-state index is 12.1. The van der Waals surface area contributed by atoms with Crippen LogP contribution in [0.15, 0.2) is 54.6 Å². The Labute approximate surface area is 137 Å². The molecule has 0 fully saturated rings. The van der Waals surface area contributed by atoms with Gasteiger partial charge in [-0.25, -0.2) is 8.42 Å². The quantitative estimate of drug-likeness (QED) is 0.751. The van der Waals surface area contributed by atoms with Crippen LogP contribution in [0.3, 0.4) is 0 Å². The van der Waals surface area contributed by atoms with Crippen molar-refractivity contribution in [1.82, 2.24) is 0 Å². The second-order valence-corrected chi connectivity index (χ2v) is 7.11. The van der Waals surface area contributed by atoms with Gasteiger partial charge >= 0.3 is 0 Å². The lowest BCUT2D eigenvalue weighted by Gasteiger charge is -2.24. The van der Waals surface area contributed by atoms with Gasteiger partial charge < -0.3 is 10.5 Å². The van der Waals surface area contributed by atoms with Gasteiger partial charge in [-0.3, -0.25) is 4.31 Å². The fraction of sp³-hybridized carbons (Fsp3) is 0.294. The standard InChI is InChI=1S/C17H22N2O3S/c1-23(20,21)19(17-10-6-5-9-16(17)13-18)11-12-22-14-15-7-3-2-4-8-15/h2-10H,11-14,18H2,1H3. The summed E-state index contributed by atoms with van der Waals surface area (Å²) in [5.74, 6) is 0. The van der Waals surface area contributed by atoms with Crippen molar-refractivity contribution in [2.75, 3.05) is 23.7 Å². The first kappa shape index (κ1) is 17.5. The predicted octanol–water partition coefficient (Wildman–Crippen LogP) is 2.13. The summed E-state index contributed by atoms with van der Waals surface area (Å²) >= 11 is 0. The molecule has 0 bridgehead atoms. The van der Waals surface area contributed by atoms with Crippen LogP contribution >= 0.6 is 0 Å². The van der Waals surface area contributed by atoms with Crippen LogP contribution in [0, 0.1) is 0 Å². The van der Waals surface area contributed by atoms with Crippen molar-refractivity contribution < 1.29 is 13.2 Å². The van der Waals surface area contributed by atoms with Gasteiger partial charge in [-0.2, -0.15) is 0 Å². The van der Waals surface area contributed by atoms with E-state index in [0.717, 1.165) is 11.1 Å². The Morgan fingerprint density at radius 2 is 1.70 bits per heavy atom. The molecule has 5 nitrogen and oxygen atoms in total. The molecule has 0 aliphatic heterocycles. The molecule has 0 aromatic heterocycles. The van der Waals surface area contributed by atoms with Crippen LogP contribution in [0.25, 0.3) is 0 Å². The minimum atomic E-state index is -3.40. The molecule has 23 heavy (non-hydrogen) atoms. The number of ether oxygens (including phenoxy) is 1. The smallest absolute Gasteiger partial charge is 0.232 e. The zero-order valence-corrected chi connectivity index (χ0v) is 14.0. The highest BCUT2D eigenvalue weighted by Crippen LogP contribution is 2.22. The minimum Gasteiger partial charge on any atom is -0.375 e. The molecule has 2 aromatic rings. The van der Waals surface area contributed by atoms with E-state index < -0.39 is 10.0 Å². The first-order valence-corrected chi connectivity index (χ1v) is 9.24. The molecule has 0 saturated carbocycles. The molecule has 0 atom stereocenters. The molecule has 0 spiro atoms. The summed E-state index contributed by atoms with van der Waals surface area (Å²) in [7, 11) is -3.40. The molecule has 124 valence electrons. The Morgan fingerprint density at radius 1 is 1.04 bits per heavy atom. The van der Waals surface area contributed by atoms with Crippen molar-refractivity contribution >= 4 is 15.7 Å². The van der Waals surface area contributed by atoms with Crippen molar-refractivity contribution in [3.63, 3.8) is 0 Å². The normalized spacial score (nSPS) is 11.4. The molecule has 0 radical (unpaired) electrons. The highest BCUT2D eigenvalue weighted by molar-refractivity contribution is 7.92. The third kappa shape index (κ3) is 5.06. The van der Waals surface area contributed by atoms with Crippen LogP contribution < -0.4 is 10.0 Å². The van der Waals surface area contributed by atoms with E-state index in [4.69, 9.17) is 10.5 Å². The predicted molar refractivity (Wildman–Crippen MR) is 92.6 cm³/mol. The molecule has 0 aliphatic carbocycles. The highest BCUT2D eigenvalue weighted by atomic mass is 32.2. The number of benzene rings is 2. The van der Waals surface area contributed by atoms with Gasteiger partial charge in [0.1, 0.15) is 0 Å². The first-order valence-electron chi connectivity index (χ1n) is 7.39. The third-order valence-corrected chi connectivity index (χ3v) is 4.61. The molecule has 2 N–H and O–H groups in total. The van der Waals surface area contributed by atoms with Crippen LogP contribution in [0.4, 0.5) is 5.69 Å². The molecule has 2 rings (SSSR count). The number of anilines is 1. The summed E-state index contributed by atoms with van der Waals surface area (Å²) in [5, 5.41) is 0. The zero-order chi connectivity index (χ0) is 16.7. The summed E-state index contributed by atoms with van der Waals surface area (Å²) in [4.78, 5) is 0. The van der Waals surface area contributed by atoms with Crippen LogP contribution in [0.1, 0.15) is 11.1 Å². The maximum Gasteiger partial charge on any atom is 0.232 e. The van der Waals surface area contributed by atoms with Crippen LogP contribution in [-0.2, 0) is 27.9 Å². The summed E-state index contributed by atoms with van der Waals surface area (Å²) in [6, 6.07) is 17.0. The summed E-state index contributed by atoms with van der Waals surface area (Å²) < 4.78 is 31.1. The highest BCUT2D eigenvalue weighted by Gasteiger charge is 2.19. The average molecular weight is 334 g/mol. The number of hydrogen-bond acceptors (Lipinski definition) is 4. The van der Waals surface area contributed by atoms with Gasteiger partial charge in [-0.1, -0.05) is 48.5 Å². The van der Waals surface area contributed by atoms with Gasteiger partial charge in [-0.15, -0.1) is 0 Å². The van der Waals surface area contributed by atoms with E-state index in [-0.39, 0.29) is 13.1 Å². The monoisotopic (exact) mass is 334 g/mol. The molecule has 0 heterocycles. The van der Waals surface area contributed by atoms with Crippen LogP contribution in [-0.4, -0.2) is 27.8 Å². The zero-order valence-electron chi connectivity index (χ0n) is 13.2. The molecule has 2 aromatic carbocycles. The fourth-order valence-electron chi connectivity index (χ4n) is 2.30. The van der Waals surface area contributed by atoms with Crippen LogP contribution in [0.2, 0.25) is 0 Å². The number of nitrogens with two attached hydrogens (primary N) is 1. The number of hydrogen-bond donors (Lipinski definition) is 1. The number of nitrogens with zero attached hydrogens (tertiary/aromatic N) is 1. The fourth-order valence-corrected chi connectivity index (χ4v) is 3.24. The van der Waals surface area contributed by atoms with Crippen LogP contribution in [0.5, 0.6) is 0 Å². The lowest BCUT2D eigenvalue weighted by molar-refractivity contribution is 0.128. The van der Waals surface area contributed by atoms with E-state index in [1.165, 1.54) is 10.6 Å². The van der Waals surface area contributed by atoms with E-state index in [0.29, 0.717) is 18.9 Å². The lowest BCUT2D eigenvalue weighted by atomic mass is 10.2. The molecule has 0 aliphatic rings. The first-order chi connectivity index (χ1) is 11.0. The van der Waals surface area contributed by atoms with Crippen molar-refractivity contribution in [3.8, 4) is 0 Å². The number of rotatable bonds is 8. The largest absolute Gasteiger partial charge is 0.375 e.